The molecule has 0 radical (unpaired) electrons. The molecule has 3 atom stereocenters. The molecule has 4 rings (SSSR count). The van der Waals surface area contributed by atoms with Gasteiger partial charge in [0.1, 0.15) is 17.7 Å². The van der Waals surface area contributed by atoms with Gasteiger partial charge in [0.25, 0.3) is 5.95 Å². The summed E-state index contributed by atoms with van der Waals surface area (Å²) in [6, 6.07) is 10.5. The van der Waals surface area contributed by atoms with Gasteiger partial charge in [-0.1, -0.05) is 57.7 Å². The summed E-state index contributed by atoms with van der Waals surface area (Å²) < 4.78 is 0. The van der Waals surface area contributed by atoms with Gasteiger partial charge in [0.15, 0.2) is 5.82 Å². The summed E-state index contributed by atoms with van der Waals surface area (Å²) in [5, 5.41) is 11.1. The van der Waals surface area contributed by atoms with E-state index in [1.54, 1.807) is 5.01 Å². The predicted octanol–water partition coefficient (Wildman–Crippen LogP) is 5.06. The van der Waals surface area contributed by atoms with Crippen LogP contribution in [0.4, 0.5) is 17.5 Å². The van der Waals surface area contributed by atoms with Crippen LogP contribution in [0.2, 0.25) is 0 Å². The van der Waals surface area contributed by atoms with Crippen LogP contribution in [0, 0.1) is 5.92 Å². The molecule has 34 heavy (non-hydrogen) atoms. The lowest BCUT2D eigenvalue weighted by molar-refractivity contribution is 0.397. The number of hydrogen-bond acceptors (Lipinski definition) is 8. The summed E-state index contributed by atoms with van der Waals surface area (Å²) in [5.41, 5.74) is 5.98. The van der Waals surface area contributed by atoms with Crippen LogP contribution in [0.25, 0.3) is 5.70 Å². The van der Waals surface area contributed by atoms with E-state index in [0.29, 0.717) is 11.9 Å². The first-order chi connectivity index (χ1) is 16.4. The third-order valence-corrected chi connectivity index (χ3v) is 6.56. The fourth-order valence-corrected chi connectivity index (χ4v) is 4.51. The van der Waals surface area contributed by atoms with Crippen molar-refractivity contribution in [3.63, 3.8) is 0 Å². The summed E-state index contributed by atoms with van der Waals surface area (Å²) >= 11 is 0. The van der Waals surface area contributed by atoms with Gasteiger partial charge in [0.05, 0.1) is 17.9 Å². The molecule has 0 saturated heterocycles. The number of aromatic nitrogens is 2. The van der Waals surface area contributed by atoms with Crippen LogP contribution in [0.3, 0.4) is 0 Å². The number of nitrogens with one attached hydrogen (secondary N) is 1. The van der Waals surface area contributed by atoms with Gasteiger partial charge in [-0.3, -0.25) is 10.3 Å². The van der Waals surface area contributed by atoms with E-state index in [2.05, 4.69) is 61.5 Å². The highest BCUT2D eigenvalue weighted by atomic mass is 15.6. The molecular formula is C26H36N8. The minimum atomic E-state index is 0.0631. The number of benzene rings is 1. The first-order valence-electron chi connectivity index (χ1n) is 12.2. The van der Waals surface area contributed by atoms with E-state index in [1.807, 2.05) is 49.7 Å². The Morgan fingerprint density at radius 3 is 2.62 bits per heavy atom. The lowest BCUT2D eigenvalue weighted by Crippen LogP contribution is -2.61. The second-order valence-electron chi connectivity index (χ2n) is 9.23. The van der Waals surface area contributed by atoms with E-state index in [4.69, 9.17) is 15.1 Å². The second kappa shape index (κ2) is 9.83. The first kappa shape index (κ1) is 23.7. The summed E-state index contributed by atoms with van der Waals surface area (Å²) in [6.07, 6.45) is 5.86. The van der Waals surface area contributed by atoms with Crippen molar-refractivity contribution in [1.82, 2.24) is 15.4 Å². The molecule has 0 aliphatic carbocycles. The Labute approximate surface area is 203 Å². The van der Waals surface area contributed by atoms with E-state index >= 15 is 0 Å². The van der Waals surface area contributed by atoms with Gasteiger partial charge in [0, 0.05) is 12.3 Å². The summed E-state index contributed by atoms with van der Waals surface area (Å²) in [7, 11) is 0. The molecular weight excluding hydrogens is 424 g/mol. The van der Waals surface area contributed by atoms with Crippen LogP contribution >= 0.6 is 0 Å². The average molecular weight is 461 g/mol. The topological polar surface area (TPSA) is 72.2 Å². The summed E-state index contributed by atoms with van der Waals surface area (Å²) in [4.78, 5) is 14.5. The lowest BCUT2D eigenvalue weighted by Gasteiger charge is -2.47. The normalized spacial score (nSPS) is 20.1. The standard InChI is InChI=1S/C26H36N8/c1-8-18(5)15-28-34(19(6)21-13-11-10-12-14-21)26-27-16-23-24(29-26)32(17(3)4)22(9-2)25-31-30-20(7)33(23)25/h10-18,22,25,31H,6,8-9H2,1-5,7H3/b28-15-. The number of anilines is 3. The van der Waals surface area contributed by atoms with Crippen LogP contribution in [0.5, 0.6) is 0 Å². The Hall–Kier alpha value is -3.42. The van der Waals surface area contributed by atoms with Crippen molar-refractivity contribution in [2.24, 2.45) is 16.1 Å². The number of hydrazone groups is 2. The molecule has 180 valence electrons. The molecule has 2 aliphatic heterocycles. The molecule has 3 unspecified atom stereocenters. The molecule has 0 fully saturated rings. The minimum Gasteiger partial charge on any atom is -0.345 e. The van der Waals surface area contributed by atoms with Crippen molar-refractivity contribution in [3.05, 3.63) is 48.7 Å². The van der Waals surface area contributed by atoms with Crippen molar-refractivity contribution in [3.8, 4) is 0 Å². The van der Waals surface area contributed by atoms with Gasteiger partial charge in [-0.25, -0.2) is 4.98 Å². The number of amidine groups is 1. The molecule has 2 aromatic rings. The van der Waals surface area contributed by atoms with E-state index in [0.717, 1.165) is 41.4 Å². The monoisotopic (exact) mass is 460 g/mol. The second-order valence-corrected chi connectivity index (χ2v) is 9.23. The molecule has 3 heterocycles. The fourth-order valence-electron chi connectivity index (χ4n) is 4.51. The predicted molar refractivity (Wildman–Crippen MR) is 142 cm³/mol. The van der Waals surface area contributed by atoms with E-state index in [1.165, 1.54) is 0 Å². The molecule has 1 N–H and O–H groups in total. The van der Waals surface area contributed by atoms with Crippen LogP contribution in [0.1, 0.15) is 59.9 Å². The maximum atomic E-state index is 5.10. The van der Waals surface area contributed by atoms with Crippen LogP contribution in [-0.2, 0) is 0 Å². The van der Waals surface area contributed by atoms with Crippen LogP contribution in [0.15, 0.2) is 53.3 Å². The molecule has 8 nitrogen and oxygen atoms in total. The summed E-state index contributed by atoms with van der Waals surface area (Å²) in [5.74, 6) is 2.65. The minimum absolute atomic E-state index is 0.0631. The van der Waals surface area contributed by atoms with Crippen LogP contribution < -0.4 is 20.2 Å². The molecule has 2 aliphatic rings. The molecule has 1 aromatic heterocycles. The zero-order chi connectivity index (χ0) is 24.4. The third kappa shape index (κ3) is 4.24. The number of hydrogen-bond donors (Lipinski definition) is 1. The van der Waals surface area contributed by atoms with Crippen molar-refractivity contribution in [2.45, 2.75) is 72.6 Å². The van der Waals surface area contributed by atoms with E-state index < -0.39 is 0 Å². The smallest absolute Gasteiger partial charge is 0.253 e. The van der Waals surface area contributed by atoms with Crippen molar-refractivity contribution in [1.29, 1.82) is 0 Å². The highest BCUT2D eigenvalue weighted by Crippen LogP contribution is 2.41. The number of nitrogens with zero attached hydrogens (tertiary/aromatic N) is 7. The summed E-state index contributed by atoms with van der Waals surface area (Å²) in [6.45, 7) is 17.3. The average Bonchev–Trinajstić information content (AvgIpc) is 3.24. The Morgan fingerprint density at radius 1 is 1.24 bits per heavy atom. The number of fused-ring (bicyclic) bond motifs is 3. The van der Waals surface area contributed by atoms with E-state index in [9.17, 15) is 0 Å². The van der Waals surface area contributed by atoms with Gasteiger partial charge in [-0.15, -0.1) is 0 Å². The SMILES string of the molecule is C=C(c1ccccc1)N(/N=C\C(C)CC)c1ncc2c(n1)N(C(C)C)C(CC)C1NN=C(C)N21. The first-order valence-corrected chi connectivity index (χ1v) is 12.2. The lowest BCUT2D eigenvalue weighted by atomic mass is 10.0. The third-order valence-electron chi connectivity index (χ3n) is 6.56. The van der Waals surface area contributed by atoms with Gasteiger partial charge in [0.2, 0.25) is 0 Å². The Morgan fingerprint density at radius 2 is 1.97 bits per heavy atom. The molecule has 8 heteroatoms. The Kier molecular flexibility index (Phi) is 6.86. The quantitative estimate of drug-likeness (QED) is 0.438. The molecule has 0 saturated carbocycles. The van der Waals surface area contributed by atoms with E-state index in [-0.39, 0.29) is 18.2 Å². The van der Waals surface area contributed by atoms with Crippen molar-refractivity contribution >= 4 is 35.2 Å². The van der Waals surface area contributed by atoms with Crippen molar-refractivity contribution < 1.29 is 0 Å². The van der Waals surface area contributed by atoms with Crippen molar-refractivity contribution in [2.75, 3.05) is 14.8 Å². The van der Waals surface area contributed by atoms with Crippen LogP contribution in [-0.4, -0.2) is 40.3 Å². The van der Waals surface area contributed by atoms with Gasteiger partial charge < -0.3 is 4.90 Å². The van der Waals surface area contributed by atoms with Gasteiger partial charge in [-0.2, -0.15) is 20.2 Å². The molecule has 0 bridgehead atoms. The van der Waals surface area contributed by atoms with Gasteiger partial charge in [-0.05, 0) is 45.1 Å². The Bertz CT molecular complexity index is 1080. The number of rotatable bonds is 8. The highest BCUT2D eigenvalue weighted by Gasteiger charge is 2.44. The molecule has 0 spiro atoms. The zero-order valence-corrected chi connectivity index (χ0v) is 21.1. The fraction of sp³-hybridized carbons (Fsp3) is 0.462. The van der Waals surface area contributed by atoms with Gasteiger partial charge >= 0.3 is 0 Å². The largest absolute Gasteiger partial charge is 0.345 e. The highest BCUT2D eigenvalue weighted by molar-refractivity contribution is 6.01. The maximum Gasteiger partial charge on any atom is 0.253 e. The molecule has 0 amide bonds. The molecule has 1 aromatic carbocycles. The Balaban J connectivity index is 1.83. The zero-order valence-electron chi connectivity index (χ0n) is 21.1. The maximum absolute atomic E-state index is 5.10.